The van der Waals surface area contributed by atoms with Gasteiger partial charge in [-0.25, -0.2) is 9.97 Å². The average Bonchev–Trinajstić information content (AvgIpc) is 3.33. The number of aromatic amines is 1. The van der Waals surface area contributed by atoms with Gasteiger partial charge in [-0.05, 0) is 62.6 Å². The zero-order valence-electron chi connectivity index (χ0n) is 20.6. The lowest BCUT2D eigenvalue weighted by Gasteiger charge is -2.47. The number of rotatable bonds is 6. The molecule has 2 bridgehead atoms. The van der Waals surface area contributed by atoms with Crippen LogP contribution in [0, 0.1) is 5.92 Å². The highest BCUT2D eigenvalue weighted by Gasteiger charge is 2.41. The van der Waals surface area contributed by atoms with Crippen molar-refractivity contribution in [3.05, 3.63) is 53.2 Å². The van der Waals surface area contributed by atoms with Gasteiger partial charge in [-0.2, -0.15) is 0 Å². The summed E-state index contributed by atoms with van der Waals surface area (Å²) in [5.74, 6) is 1.20. The van der Waals surface area contributed by atoms with Gasteiger partial charge < -0.3 is 19.9 Å². The molecule has 0 radical (unpaired) electrons. The summed E-state index contributed by atoms with van der Waals surface area (Å²) >= 11 is 0. The zero-order chi connectivity index (χ0) is 24.5. The molecule has 1 aromatic carbocycles. The Morgan fingerprint density at radius 3 is 2.60 bits per heavy atom. The summed E-state index contributed by atoms with van der Waals surface area (Å²) in [6, 6.07) is 7.53. The Labute approximate surface area is 205 Å². The van der Waals surface area contributed by atoms with E-state index in [2.05, 4.69) is 20.3 Å². The Morgan fingerprint density at radius 2 is 1.89 bits per heavy atom. The number of H-pyrrole nitrogens is 1. The number of carbonyl (C=O) groups excluding carboxylic acids is 2. The molecular formula is C27H33N5O3. The van der Waals surface area contributed by atoms with Crippen LogP contribution in [0.5, 0.6) is 5.75 Å². The lowest BCUT2D eigenvalue weighted by atomic mass is 9.76. The second-order valence-electron chi connectivity index (χ2n) is 9.60. The monoisotopic (exact) mass is 475 g/mol. The molecule has 184 valence electrons. The molecule has 1 saturated carbocycles. The molecule has 2 fully saturated rings. The van der Waals surface area contributed by atoms with E-state index in [1.54, 1.807) is 7.11 Å². The minimum absolute atomic E-state index is 0.0173. The summed E-state index contributed by atoms with van der Waals surface area (Å²) in [5.41, 5.74) is 3.58. The Hall–Kier alpha value is -3.42. The molecule has 2 amide bonds. The van der Waals surface area contributed by atoms with Crippen molar-refractivity contribution in [1.29, 1.82) is 0 Å². The van der Waals surface area contributed by atoms with Gasteiger partial charge in [0.25, 0.3) is 11.8 Å². The van der Waals surface area contributed by atoms with Crippen molar-refractivity contribution >= 4 is 22.7 Å². The van der Waals surface area contributed by atoms with Crippen LogP contribution < -0.4 is 10.1 Å². The van der Waals surface area contributed by atoms with E-state index in [1.165, 1.54) is 6.33 Å². The third-order valence-corrected chi connectivity index (χ3v) is 7.64. The third-order valence-electron chi connectivity index (χ3n) is 7.64. The molecule has 3 unspecified atom stereocenters. The minimum Gasteiger partial charge on any atom is -0.497 e. The molecule has 2 aromatic heterocycles. The van der Waals surface area contributed by atoms with E-state index in [4.69, 9.17) is 4.74 Å². The smallest absolute Gasteiger partial charge is 0.270 e. The van der Waals surface area contributed by atoms with Crippen LogP contribution in [0.4, 0.5) is 0 Å². The topological polar surface area (TPSA) is 100 Å². The van der Waals surface area contributed by atoms with Crippen molar-refractivity contribution < 1.29 is 14.3 Å². The van der Waals surface area contributed by atoms with Crippen LogP contribution in [-0.4, -0.2) is 57.4 Å². The van der Waals surface area contributed by atoms with Gasteiger partial charge >= 0.3 is 0 Å². The number of ether oxygens (including phenoxy) is 1. The van der Waals surface area contributed by atoms with Crippen molar-refractivity contribution in [2.45, 2.75) is 64.5 Å². The maximum atomic E-state index is 13.7. The highest BCUT2D eigenvalue weighted by Crippen LogP contribution is 2.36. The van der Waals surface area contributed by atoms with E-state index in [-0.39, 0.29) is 23.9 Å². The van der Waals surface area contributed by atoms with Crippen LogP contribution in [0.1, 0.15) is 71.8 Å². The highest BCUT2D eigenvalue weighted by molar-refractivity contribution is 5.99. The Morgan fingerprint density at radius 1 is 1.11 bits per heavy atom. The predicted molar refractivity (Wildman–Crippen MR) is 134 cm³/mol. The van der Waals surface area contributed by atoms with Crippen LogP contribution >= 0.6 is 0 Å². The maximum Gasteiger partial charge on any atom is 0.270 e. The first-order valence-corrected chi connectivity index (χ1v) is 12.6. The van der Waals surface area contributed by atoms with E-state index in [0.29, 0.717) is 36.6 Å². The zero-order valence-corrected chi connectivity index (χ0v) is 20.6. The van der Waals surface area contributed by atoms with E-state index in [1.807, 2.05) is 43.0 Å². The molecule has 35 heavy (non-hydrogen) atoms. The van der Waals surface area contributed by atoms with Crippen molar-refractivity contribution in [3.63, 3.8) is 0 Å². The second-order valence-corrected chi connectivity index (χ2v) is 9.60. The fourth-order valence-corrected chi connectivity index (χ4v) is 5.75. The first kappa shape index (κ1) is 23.3. The van der Waals surface area contributed by atoms with Gasteiger partial charge in [0.2, 0.25) is 0 Å². The normalized spacial score (nSPS) is 21.7. The minimum atomic E-state index is -0.126. The summed E-state index contributed by atoms with van der Waals surface area (Å²) in [6.45, 7) is 4.70. The number of methoxy groups -OCH3 is 1. The fraction of sp³-hybridized carbons (Fsp3) is 0.481. The second kappa shape index (κ2) is 9.68. The molecule has 1 aliphatic heterocycles. The number of hydrogen-bond donors (Lipinski definition) is 2. The number of nitrogens with zero attached hydrogens (tertiary/aromatic N) is 3. The van der Waals surface area contributed by atoms with E-state index in [0.717, 1.165) is 53.7 Å². The summed E-state index contributed by atoms with van der Waals surface area (Å²) in [5, 5.41) is 4.25. The first-order chi connectivity index (χ1) is 17.0. The van der Waals surface area contributed by atoms with Gasteiger partial charge in [-0.15, -0.1) is 0 Å². The number of piperidine rings is 1. The SMILES string of the molecule is CCc1ncnc(CC)c1C(=O)NC1CCC2CCN(C(=O)c3cc4ccc(OC)cc4[nH]3)C1C2. The third kappa shape index (κ3) is 4.37. The number of fused-ring (bicyclic) bond motifs is 3. The Kier molecular flexibility index (Phi) is 6.45. The van der Waals surface area contributed by atoms with Crippen molar-refractivity contribution in [1.82, 2.24) is 25.2 Å². The van der Waals surface area contributed by atoms with Crippen LogP contribution in [0.2, 0.25) is 0 Å². The molecule has 1 saturated heterocycles. The molecule has 3 heterocycles. The van der Waals surface area contributed by atoms with Gasteiger partial charge in [0.1, 0.15) is 17.8 Å². The molecule has 3 aromatic rings. The number of likely N-dealkylation sites (tertiary alicyclic amines) is 1. The largest absolute Gasteiger partial charge is 0.497 e. The Bertz CT molecular complexity index is 1230. The molecule has 8 heteroatoms. The number of benzene rings is 1. The number of nitrogens with one attached hydrogen (secondary N) is 2. The fourth-order valence-electron chi connectivity index (χ4n) is 5.75. The summed E-state index contributed by atoms with van der Waals surface area (Å²) in [6.07, 6.45) is 6.74. The number of carbonyl (C=O) groups is 2. The average molecular weight is 476 g/mol. The van der Waals surface area contributed by atoms with Gasteiger partial charge in [-0.1, -0.05) is 13.8 Å². The predicted octanol–water partition coefficient (Wildman–Crippen LogP) is 3.90. The van der Waals surface area contributed by atoms with Crippen molar-refractivity contribution in [2.75, 3.05) is 13.7 Å². The van der Waals surface area contributed by atoms with Gasteiger partial charge in [-0.3, -0.25) is 9.59 Å². The lowest BCUT2D eigenvalue weighted by Crippen LogP contribution is -2.59. The highest BCUT2D eigenvalue weighted by atomic mass is 16.5. The van der Waals surface area contributed by atoms with Crippen LogP contribution in [0.25, 0.3) is 10.9 Å². The first-order valence-electron chi connectivity index (χ1n) is 12.6. The quantitative estimate of drug-likeness (QED) is 0.563. The van der Waals surface area contributed by atoms with Gasteiger partial charge in [0, 0.05) is 29.6 Å². The number of aromatic nitrogens is 3. The molecule has 1 aliphatic carbocycles. The number of amides is 2. The lowest BCUT2D eigenvalue weighted by molar-refractivity contribution is 0.0317. The summed E-state index contributed by atoms with van der Waals surface area (Å²) in [4.78, 5) is 41.0. The summed E-state index contributed by atoms with van der Waals surface area (Å²) in [7, 11) is 1.63. The standard InChI is InChI=1S/C27H33N5O3/c1-4-19-25(20(5-2)29-15-28-19)26(33)31-21-9-6-16-10-11-32(24(21)12-16)27(34)23-13-17-7-8-18(35-3)14-22(17)30-23/h7-8,13-16,21,24,30H,4-6,9-12H2,1-3H3,(H,31,33). The molecular weight excluding hydrogens is 442 g/mol. The molecule has 0 spiro atoms. The number of aryl methyl sites for hydroxylation is 2. The van der Waals surface area contributed by atoms with Gasteiger partial charge in [0.15, 0.2) is 0 Å². The van der Waals surface area contributed by atoms with Gasteiger partial charge in [0.05, 0.1) is 30.1 Å². The van der Waals surface area contributed by atoms with Crippen LogP contribution in [0.3, 0.4) is 0 Å². The maximum absolute atomic E-state index is 13.7. The van der Waals surface area contributed by atoms with Crippen molar-refractivity contribution in [3.8, 4) is 5.75 Å². The summed E-state index contributed by atoms with van der Waals surface area (Å²) < 4.78 is 5.32. The molecule has 8 nitrogen and oxygen atoms in total. The molecule has 3 atom stereocenters. The van der Waals surface area contributed by atoms with Crippen LogP contribution in [0.15, 0.2) is 30.6 Å². The van der Waals surface area contributed by atoms with E-state index < -0.39 is 0 Å². The molecule has 2 aliphatic rings. The van der Waals surface area contributed by atoms with E-state index in [9.17, 15) is 9.59 Å². The Balaban J connectivity index is 1.39. The van der Waals surface area contributed by atoms with E-state index >= 15 is 0 Å². The number of hydrogen-bond acceptors (Lipinski definition) is 5. The molecule has 2 N–H and O–H groups in total. The van der Waals surface area contributed by atoms with Crippen molar-refractivity contribution in [2.24, 2.45) is 5.92 Å². The molecule has 5 rings (SSSR count). The van der Waals surface area contributed by atoms with Crippen LogP contribution in [-0.2, 0) is 12.8 Å².